The van der Waals surface area contributed by atoms with Crippen molar-refractivity contribution >= 4 is 17.9 Å². The molecule has 2 aromatic carbocycles. The van der Waals surface area contributed by atoms with Gasteiger partial charge in [0.2, 0.25) is 11.8 Å². The molecule has 0 radical (unpaired) electrons. The second-order valence-corrected chi connectivity index (χ2v) is 6.15. The predicted molar refractivity (Wildman–Crippen MR) is 114 cm³/mol. The maximum atomic E-state index is 11.9. The lowest BCUT2D eigenvalue weighted by atomic mass is 10.1. The molecule has 152 valence electrons. The van der Waals surface area contributed by atoms with Gasteiger partial charge in [0.25, 0.3) is 0 Å². The third-order valence-electron chi connectivity index (χ3n) is 3.97. The summed E-state index contributed by atoms with van der Waals surface area (Å²) in [6.07, 6.45) is 5.41. The van der Waals surface area contributed by atoms with Gasteiger partial charge in [-0.05, 0) is 35.8 Å². The van der Waals surface area contributed by atoms with Crippen molar-refractivity contribution in [1.82, 2.24) is 10.6 Å². The maximum absolute atomic E-state index is 11.9. The Bertz CT molecular complexity index is 847. The Morgan fingerprint density at radius 2 is 1.86 bits per heavy atom. The molecule has 6 heteroatoms. The fourth-order valence-electron chi connectivity index (χ4n) is 2.51. The molecule has 0 aromatic heterocycles. The zero-order valence-electron chi connectivity index (χ0n) is 16.5. The number of hydrogen-bond donors (Lipinski definition) is 2. The molecular formula is C23H26N2O4. The van der Waals surface area contributed by atoms with E-state index < -0.39 is 0 Å². The summed E-state index contributed by atoms with van der Waals surface area (Å²) in [4.78, 5) is 23.8. The van der Waals surface area contributed by atoms with Crippen LogP contribution in [0.1, 0.15) is 11.1 Å². The number of carbonyl (C=O) groups is 2. The summed E-state index contributed by atoms with van der Waals surface area (Å²) >= 11 is 0. The van der Waals surface area contributed by atoms with Crippen LogP contribution in [-0.4, -0.2) is 38.6 Å². The van der Waals surface area contributed by atoms with Crippen LogP contribution in [0.15, 0.2) is 67.3 Å². The topological polar surface area (TPSA) is 76.7 Å². The van der Waals surface area contributed by atoms with E-state index in [2.05, 4.69) is 17.2 Å². The second kappa shape index (κ2) is 12.0. The minimum absolute atomic E-state index is 0.0738. The van der Waals surface area contributed by atoms with Gasteiger partial charge in [0.05, 0.1) is 13.7 Å². The summed E-state index contributed by atoms with van der Waals surface area (Å²) in [6.45, 7) is 4.43. The van der Waals surface area contributed by atoms with E-state index in [1.54, 1.807) is 37.5 Å². The lowest BCUT2D eigenvalue weighted by Gasteiger charge is -2.09. The minimum Gasteiger partial charge on any atom is -0.493 e. The first kappa shape index (κ1) is 21.8. The van der Waals surface area contributed by atoms with E-state index in [0.717, 1.165) is 17.5 Å². The van der Waals surface area contributed by atoms with E-state index in [1.807, 2.05) is 30.3 Å². The van der Waals surface area contributed by atoms with E-state index in [9.17, 15) is 9.59 Å². The van der Waals surface area contributed by atoms with Crippen molar-refractivity contribution in [3.05, 3.63) is 78.4 Å². The normalized spacial score (nSPS) is 10.4. The first-order valence-corrected chi connectivity index (χ1v) is 9.30. The maximum Gasteiger partial charge on any atom is 0.244 e. The minimum atomic E-state index is -0.353. The van der Waals surface area contributed by atoms with Gasteiger partial charge in [-0.1, -0.05) is 49.1 Å². The molecule has 0 unspecified atom stereocenters. The van der Waals surface area contributed by atoms with E-state index >= 15 is 0 Å². The number of rotatable bonds is 11. The predicted octanol–water partition coefficient (Wildman–Crippen LogP) is 2.75. The Balaban J connectivity index is 1.75. The Kier molecular flexibility index (Phi) is 9.02. The Morgan fingerprint density at radius 3 is 2.59 bits per heavy atom. The van der Waals surface area contributed by atoms with Crippen LogP contribution in [0.5, 0.6) is 11.5 Å². The smallest absolute Gasteiger partial charge is 0.244 e. The fourth-order valence-corrected chi connectivity index (χ4v) is 2.51. The van der Waals surface area contributed by atoms with Gasteiger partial charge in [-0.25, -0.2) is 0 Å². The molecule has 2 rings (SSSR count). The Hall–Kier alpha value is -3.54. The molecule has 0 saturated carbocycles. The van der Waals surface area contributed by atoms with Gasteiger partial charge in [0.15, 0.2) is 11.5 Å². The average molecular weight is 394 g/mol. The van der Waals surface area contributed by atoms with Crippen molar-refractivity contribution in [3.63, 3.8) is 0 Å². The van der Waals surface area contributed by atoms with E-state index in [0.29, 0.717) is 24.7 Å². The van der Waals surface area contributed by atoms with Crippen LogP contribution >= 0.6 is 0 Å². The summed E-state index contributed by atoms with van der Waals surface area (Å²) in [5.74, 6) is 0.579. The molecule has 0 heterocycles. The summed E-state index contributed by atoms with van der Waals surface area (Å²) in [5, 5.41) is 5.35. The quantitative estimate of drug-likeness (QED) is 0.454. The number of hydrogen-bond acceptors (Lipinski definition) is 4. The van der Waals surface area contributed by atoms with E-state index in [1.165, 1.54) is 6.08 Å². The SMILES string of the molecule is C=CCOc1ccc(/C=C/C(=O)NCC(=O)NCCc2ccccc2)cc1OC. The molecule has 0 atom stereocenters. The first-order valence-electron chi connectivity index (χ1n) is 9.30. The van der Waals surface area contributed by atoms with Gasteiger partial charge in [-0.3, -0.25) is 9.59 Å². The molecule has 29 heavy (non-hydrogen) atoms. The highest BCUT2D eigenvalue weighted by atomic mass is 16.5. The molecule has 2 N–H and O–H groups in total. The number of amides is 2. The van der Waals surface area contributed by atoms with E-state index in [-0.39, 0.29) is 18.4 Å². The van der Waals surface area contributed by atoms with Crippen LogP contribution in [0.4, 0.5) is 0 Å². The molecular weight excluding hydrogens is 368 g/mol. The molecule has 0 spiro atoms. The van der Waals surface area contributed by atoms with E-state index in [4.69, 9.17) is 9.47 Å². The van der Waals surface area contributed by atoms with Crippen molar-refractivity contribution in [2.75, 3.05) is 26.8 Å². The van der Waals surface area contributed by atoms with Crippen molar-refractivity contribution < 1.29 is 19.1 Å². The summed E-state index contributed by atoms with van der Waals surface area (Å²) in [7, 11) is 1.55. The lowest BCUT2D eigenvalue weighted by Crippen LogP contribution is -2.37. The number of nitrogens with one attached hydrogen (secondary N) is 2. The first-order chi connectivity index (χ1) is 14.1. The van der Waals surface area contributed by atoms with Gasteiger partial charge in [-0.15, -0.1) is 0 Å². The van der Waals surface area contributed by atoms with Crippen molar-refractivity contribution in [2.45, 2.75) is 6.42 Å². The van der Waals surface area contributed by atoms with Crippen LogP contribution in [0.2, 0.25) is 0 Å². The molecule has 2 amide bonds. The third-order valence-corrected chi connectivity index (χ3v) is 3.97. The molecule has 0 saturated heterocycles. The lowest BCUT2D eigenvalue weighted by molar-refractivity contribution is -0.123. The third kappa shape index (κ3) is 7.92. The monoisotopic (exact) mass is 394 g/mol. The zero-order valence-corrected chi connectivity index (χ0v) is 16.5. The molecule has 0 fully saturated rings. The van der Waals surface area contributed by atoms with Crippen LogP contribution < -0.4 is 20.1 Å². The number of methoxy groups -OCH3 is 1. The largest absolute Gasteiger partial charge is 0.493 e. The van der Waals surface area contributed by atoms with Gasteiger partial charge in [-0.2, -0.15) is 0 Å². The number of carbonyl (C=O) groups excluding carboxylic acids is 2. The number of benzene rings is 2. The molecule has 0 aliphatic carbocycles. The van der Waals surface area contributed by atoms with Crippen LogP contribution in [0.25, 0.3) is 6.08 Å². The Labute approximate surface area is 171 Å². The Morgan fingerprint density at radius 1 is 1.07 bits per heavy atom. The molecule has 2 aromatic rings. The van der Waals surface area contributed by atoms with Gasteiger partial charge in [0, 0.05) is 12.6 Å². The summed E-state index contributed by atoms with van der Waals surface area (Å²) in [5.41, 5.74) is 1.92. The van der Waals surface area contributed by atoms with Crippen LogP contribution in [0.3, 0.4) is 0 Å². The average Bonchev–Trinajstić information content (AvgIpc) is 2.75. The fraction of sp³-hybridized carbons (Fsp3) is 0.217. The van der Waals surface area contributed by atoms with Gasteiger partial charge in [0.1, 0.15) is 6.61 Å². The highest BCUT2D eigenvalue weighted by Crippen LogP contribution is 2.28. The van der Waals surface area contributed by atoms with Crippen molar-refractivity contribution in [1.29, 1.82) is 0 Å². The highest BCUT2D eigenvalue weighted by molar-refractivity contribution is 5.94. The summed E-state index contributed by atoms with van der Waals surface area (Å²) < 4.78 is 10.8. The number of ether oxygens (including phenoxy) is 2. The van der Waals surface area contributed by atoms with Crippen molar-refractivity contribution in [2.24, 2.45) is 0 Å². The summed E-state index contributed by atoms with van der Waals surface area (Å²) in [6, 6.07) is 15.2. The molecule has 6 nitrogen and oxygen atoms in total. The molecule has 0 bridgehead atoms. The van der Waals surface area contributed by atoms with Crippen molar-refractivity contribution in [3.8, 4) is 11.5 Å². The highest BCUT2D eigenvalue weighted by Gasteiger charge is 2.05. The second-order valence-electron chi connectivity index (χ2n) is 6.15. The van der Waals surface area contributed by atoms with Crippen LogP contribution in [-0.2, 0) is 16.0 Å². The zero-order chi connectivity index (χ0) is 20.9. The van der Waals surface area contributed by atoms with Gasteiger partial charge >= 0.3 is 0 Å². The van der Waals surface area contributed by atoms with Gasteiger partial charge < -0.3 is 20.1 Å². The molecule has 0 aliphatic heterocycles. The molecule has 0 aliphatic rings. The van der Waals surface area contributed by atoms with Crippen LogP contribution in [0, 0.1) is 0 Å². The standard InChI is InChI=1S/C23H26N2O4/c1-3-15-29-20-11-9-19(16-21(20)28-2)10-12-22(26)25-17-23(27)24-14-13-18-7-5-4-6-8-18/h3-12,16H,1,13-15,17H2,2H3,(H,24,27)(H,25,26)/b12-10+.